The molecular weight excluding hydrogens is 306 g/mol. The maximum atomic E-state index is 13.2. The third kappa shape index (κ3) is 2.29. The minimum Gasteiger partial charge on any atom is -0.357 e. The van der Waals surface area contributed by atoms with E-state index < -0.39 is 11.6 Å². The van der Waals surface area contributed by atoms with E-state index in [1.54, 1.807) is 11.3 Å². The normalized spacial score (nSPS) is 11.1. The minimum absolute atomic E-state index is 0.225. The lowest BCUT2D eigenvalue weighted by Crippen LogP contribution is -2.13. The highest BCUT2D eigenvalue weighted by atomic mass is 32.1. The van der Waals surface area contributed by atoms with E-state index in [2.05, 4.69) is 10.3 Å². The zero-order valence-electron chi connectivity index (χ0n) is 12.3. The first-order valence-electron chi connectivity index (χ1n) is 6.73. The monoisotopic (exact) mass is 320 g/mol. The summed E-state index contributed by atoms with van der Waals surface area (Å²) in [5, 5.41) is 2.62. The van der Waals surface area contributed by atoms with Gasteiger partial charge in [-0.15, -0.1) is 11.3 Å². The number of fused-ring (bicyclic) bond motifs is 1. The zero-order valence-corrected chi connectivity index (χ0v) is 13.1. The number of thiophene rings is 1. The molecule has 0 aliphatic heterocycles. The Labute approximate surface area is 130 Å². The highest BCUT2D eigenvalue weighted by Gasteiger charge is 2.20. The van der Waals surface area contributed by atoms with Gasteiger partial charge >= 0.3 is 0 Å². The molecule has 1 amide bonds. The summed E-state index contributed by atoms with van der Waals surface area (Å²) in [6.45, 7) is 5.82. The largest absolute Gasteiger partial charge is 0.357 e. The second-order valence-corrected chi connectivity index (χ2v) is 6.42. The van der Waals surface area contributed by atoms with Crippen LogP contribution in [0, 0.1) is 32.4 Å². The van der Waals surface area contributed by atoms with E-state index in [-0.39, 0.29) is 11.6 Å². The van der Waals surface area contributed by atoms with E-state index in [9.17, 15) is 13.6 Å². The van der Waals surface area contributed by atoms with Crippen LogP contribution in [0.15, 0.2) is 18.2 Å². The van der Waals surface area contributed by atoms with Crippen molar-refractivity contribution in [1.29, 1.82) is 0 Å². The molecule has 0 fully saturated rings. The molecule has 2 heterocycles. The van der Waals surface area contributed by atoms with Gasteiger partial charge in [0.1, 0.15) is 0 Å². The molecule has 0 saturated heterocycles. The third-order valence-electron chi connectivity index (χ3n) is 3.70. The van der Waals surface area contributed by atoms with Gasteiger partial charge in [-0.2, -0.15) is 0 Å². The molecule has 0 radical (unpaired) electrons. The molecule has 3 rings (SSSR count). The zero-order chi connectivity index (χ0) is 16.0. The molecule has 2 N–H and O–H groups in total. The highest BCUT2D eigenvalue weighted by Crippen LogP contribution is 2.34. The second-order valence-electron chi connectivity index (χ2n) is 5.20. The number of aromatic amines is 1. The van der Waals surface area contributed by atoms with Crippen molar-refractivity contribution in [1.82, 2.24) is 4.98 Å². The topological polar surface area (TPSA) is 44.9 Å². The maximum Gasteiger partial charge on any atom is 0.258 e. The van der Waals surface area contributed by atoms with E-state index in [0.717, 1.165) is 38.5 Å². The van der Waals surface area contributed by atoms with Crippen LogP contribution in [0.25, 0.3) is 10.2 Å². The van der Waals surface area contributed by atoms with E-state index in [1.807, 2.05) is 20.8 Å². The summed E-state index contributed by atoms with van der Waals surface area (Å²) in [5.41, 5.74) is 3.69. The van der Waals surface area contributed by atoms with Crippen molar-refractivity contribution in [3.05, 3.63) is 51.5 Å². The first-order valence-corrected chi connectivity index (χ1v) is 7.54. The molecule has 0 bridgehead atoms. The van der Waals surface area contributed by atoms with Gasteiger partial charge in [-0.3, -0.25) is 4.79 Å². The molecule has 0 aliphatic rings. The molecule has 2 aromatic heterocycles. The Balaban J connectivity index is 2.00. The lowest BCUT2D eigenvalue weighted by atomic mass is 10.2. The Hall–Kier alpha value is -2.21. The van der Waals surface area contributed by atoms with Gasteiger partial charge in [-0.05, 0) is 38.5 Å². The number of H-pyrrole nitrogens is 1. The molecule has 0 aliphatic carbocycles. The summed E-state index contributed by atoms with van der Waals surface area (Å²) in [5.74, 6) is -2.27. The van der Waals surface area contributed by atoms with E-state index >= 15 is 0 Å². The summed E-state index contributed by atoms with van der Waals surface area (Å²) in [7, 11) is 0. The number of aryl methyl sites for hydroxylation is 3. The predicted molar refractivity (Wildman–Crippen MR) is 84.7 cm³/mol. The van der Waals surface area contributed by atoms with Gasteiger partial charge in [-0.25, -0.2) is 8.78 Å². The maximum absolute atomic E-state index is 13.2. The Bertz CT molecular complexity index is 895. The first kappa shape index (κ1) is 14.7. The van der Waals surface area contributed by atoms with Crippen LogP contribution in [-0.4, -0.2) is 10.9 Å². The van der Waals surface area contributed by atoms with Crippen molar-refractivity contribution in [3.8, 4) is 0 Å². The van der Waals surface area contributed by atoms with Crippen molar-refractivity contribution in [2.24, 2.45) is 0 Å². The summed E-state index contributed by atoms with van der Waals surface area (Å²) >= 11 is 1.54. The standard InChI is InChI=1S/C16H14F2N2OS/c1-7-8(2)19-14-13(9(3)22-15(7)14)16(21)20-10-4-5-11(17)12(18)6-10/h4-6,19H,1-3H3,(H,20,21). The molecule has 0 unspecified atom stereocenters. The van der Waals surface area contributed by atoms with Gasteiger partial charge in [0.15, 0.2) is 11.6 Å². The van der Waals surface area contributed by atoms with Crippen LogP contribution in [0.2, 0.25) is 0 Å². The van der Waals surface area contributed by atoms with Crippen molar-refractivity contribution in [2.45, 2.75) is 20.8 Å². The fourth-order valence-electron chi connectivity index (χ4n) is 2.42. The van der Waals surface area contributed by atoms with Crippen LogP contribution >= 0.6 is 11.3 Å². The highest BCUT2D eigenvalue weighted by molar-refractivity contribution is 7.19. The van der Waals surface area contributed by atoms with Gasteiger partial charge in [0.05, 0.1) is 15.8 Å². The van der Waals surface area contributed by atoms with Gasteiger partial charge < -0.3 is 10.3 Å². The number of carbonyl (C=O) groups is 1. The van der Waals surface area contributed by atoms with Gasteiger partial charge in [0, 0.05) is 22.3 Å². The van der Waals surface area contributed by atoms with Crippen molar-refractivity contribution >= 4 is 33.1 Å². The molecule has 114 valence electrons. The molecule has 6 heteroatoms. The van der Waals surface area contributed by atoms with Crippen molar-refractivity contribution in [3.63, 3.8) is 0 Å². The molecule has 3 aromatic rings. The summed E-state index contributed by atoms with van der Waals surface area (Å²) < 4.78 is 27.2. The van der Waals surface area contributed by atoms with Crippen LogP contribution < -0.4 is 5.32 Å². The van der Waals surface area contributed by atoms with Crippen molar-refractivity contribution < 1.29 is 13.6 Å². The molecule has 3 nitrogen and oxygen atoms in total. The summed E-state index contributed by atoms with van der Waals surface area (Å²) in [4.78, 5) is 16.6. The van der Waals surface area contributed by atoms with Crippen LogP contribution in [-0.2, 0) is 0 Å². The molecule has 0 saturated carbocycles. The fourth-order valence-corrected chi connectivity index (χ4v) is 3.58. The number of carbonyl (C=O) groups excluding carboxylic acids is 1. The van der Waals surface area contributed by atoms with Gasteiger partial charge in [0.25, 0.3) is 5.91 Å². The minimum atomic E-state index is -0.989. The van der Waals surface area contributed by atoms with E-state index in [4.69, 9.17) is 0 Å². The molecule has 22 heavy (non-hydrogen) atoms. The Kier molecular flexibility index (Phi) is 3.48. The summed E-state index contributed by atoms with van der Waals surface area (Å²) in [6, 6.07) is 3.29. The molecular formula is C16H14F2N2OS. The van der Waals surface area contributed by atoms with Crippen LogP contribution in [0.4, 0.5) is 14.5 Å². The number of anilines is 1. The molecule has 0 atom stereocenters. The lowest BCUT2D eigenvalue weighted by Gasteiger charge is -2.05. The Morgan fingerprint density at radius 2 is 1.91 bits per heavy atom. The average molecular weight is 320 g/mol. The number of amides is 1. The third-order valence-corrected chi connectivity index (χ3v) is 4.93. The average Bonchev–Trinajstić information content (AvgIpc) is 2.90. The second kappa shape index (κ2) is 5.21. The van der Waals surface area contributed by atoms with E-state index in [1.165, 1.54) is 6.07 Å². The van der Waals surface area contributed by atoms with Crippen LogP contribution in [0.1, 0.15) is 26.5 Å². The molecule has 0 spiro atoms. The predicted octanol–water partition coefficient (Wildman–Crippen LogP) is 4.69. The SMILES string of the molecule is Cc1[nH]c2c(C(=O)Nc3ccc(F)c(F)c3)c(C)sc2c1C. The number of benzene rings is 1. The van der Waals surface area contributed by atoms with E-state index in [0.29, 0.717) is 5.56 Å². The quantitative estimate of drug-likeness (QED) is 0.707. The number of hydrogen-bond acceptors (Lipinski definition) is 2. The molecule has 1 aromatic carbocycles. The first-order chi connectivity index (χ1) is 10.4. The number of nitrogens with one attached hydrogen (secondary N) is 2. The number of aromatic nitrogens is 1. The van der Waals surface area contributed by atoms with Crippen LogP contribution in [0.3, 0.4) is 0 Å². The number of hydrogen-bond donors (Lipinski definition) is 2. The smallest absolute Gasteiger partial charge is 0.258 e. The fraction of sp³-hybridized carbons (Fsp3) is 0.188. The van der Waals surface area contributed by atoms with Crippen LogP contribution in [0.5, 0.6) is 0 Å². The summed E-state index contributed by atoms with van der Waals surface area (Å²) in [6.07, 6.45) is 0. The number of halogens is 2. The Morgan fingerprint density at radius 3 is 2.59 bits per heavy atom. The van der Waals surface area contributed by atoms with Gasteiger partial charge in [0.2, 0.25) is 0 Å². The Morgan fingerprint density at radius 1 is 1.18 bits per heavy atom. The number of rotatable bonds is 2. The van der Waals surface area contributed by atoms with Gasteiger partial charge in [-0.1, -0.05) is 0 Å². The lowest BCUT2D eigenvalue weighted by molar-refractivity contribution is 0.102. The van der Waals surface area contributed by atoms with Crippen molar-refractivity contribution in [2.75, 3.05) is 5.32 Å².